The fourth-order valence-electron chi connectivity index (χ4n) is 8.84. The Hall–Kier alpha value is -4.42. The van der Waals surface area contributed by atoms with Crippen molar-refractivity contribution in [3.8, 4) is 22.3 Å². The molecule has 8 rings (SSSR count). The van der Waals surface area contributed by atoms with E-state index in [1.165, 1.54) is 94.2 Å². The van der Waals surface area contributed by atoms with Gasteiger partial charge in [0.15, 0.2) is 0 Å². The van der Waals surface area contributed by atoms with Gasteiger partial charge in [0.2, 0.25) is 0 Å². The molecule has 0 fully saturated rings. The van der Waals surface area contributed by atoms with Crippen LogP contribution in [0, 0.1) is 27.7 Å². The van der Waals surface area contributed by atoms with Crippen molar-refractivity contribution in [1.82, 2.24) is 0 Å². The topological polar surface area (TPSA) is 0 Å². The Labute approximate surface area is 268 Å². The lowest BCUT2D eigenvalue weighted by Gasteiger charge is -2.28. The molecule has 0 nitrogen and oxygen atoms in total. The van der Waals surface area contributed by atoms with Crippen molar-refractivity contribution in [3.63, 3.8) is 0 Å². The van der Waals surface area contributed by atoms with Gasteiger partial charge < -0.3 is 0 Å². The minimum atomic E-state index is -0.130. The molecule has 0 amide bonds. The van der Waals surface area contributed by atoms with Gasteiger partial charge in [0.25, 0.3) is 0 Å². The smallest absolute Gasteiger partial charge is 0.0351 e. The Morgan fingerprint density at radius 3 is 1.60 bits per heavy atom. The molecule has 0 N–H and O–H groups in total. The zero-order valence-corrected chi connectivity index (χ0v) is 27.9. The van der Waals surface area contributed by atoms with Crippen molar-refractivity contribution in [1.29, 1.82) is 0 Å². The molecule has 45 heavy (non-hydrogen) atoms. The van der Waals surface area contributed by atoms with Crippen molar-refractivity contribution in [3.05, 3.63) is 164 Å². The number of hydrogen-bond acceptors (Lipinski definition) is 0. The lowest BCUT2D eigenvalue weighted by Crippen LogP contribution is -2.17. The van der Waals surface area contributed by atoms with Crippen molar-refractivity contribution in [2.75, 3.05) is 0 Å². The Morgan fingerprint density at radius 2 is 0.956 bits per heavy atom. The van der Waals surface area contributed by atoms with Crippen molar-refractivity contribution < 1.29 is 0 Å². The summed E-state index contributed by atoms with van der Waals surface area (Å²) in [6.07, 6.45) is 0. The molecule has 6 aromatic carbocycles. The summed E-state index contributed by atoms with van der Waals surface area (Å²) in [5.74, 6) is 0.136. The molecule has 0 unspecified atom stereocenters. The van der Waals surface area contributed by atoms with Crippen LogP contribution in [0.4, 0.5) is 0 Å². The van der Waals surface area contributed by atoms with Gasteiger partial charge in [0.1, 0.15) is 0 Å². The molecule has 0 aliphatic heterocycles. The normalized spacial score (nSPS) is 15.2. The van der Waals surface area contributed by atoms with Gasteiger partial charge in [-0.1, -0.05) is 130 Å². The lowest BCUT2D eigenvalue weighted by atomic mass is 9.75. The van der Waals surface area contributed by atoms with E-state index in [9.17, 15) is 0 Å². The maximum absolute atomic E-state index is 2.59. The highest BCUT2D eigenvalue weighted by atomic mass is 14.5. The summed E-state index contributed by atoms with van der Waals surface area (Å²) in [5.41, 5.74) is 20.8. The van der Waals surface area contributed by atoms with Gasteiger partial charge in [-0.2, -0.15) is 0 Å². The first-order chi connectivity index (χ1) is 21.5. The average Bonchev–Trinajstić information content (AvgIpc) is 3.37. The molecule has 0 spiro atoms. The highest BCUT2D eigenvalue weighted by Gasteiger charge is 2.42. The first-order valence-corrected chi connectivity index (χ1v) is 16.5. The van der Waals surface area contributed by atoms with Gasteiger partial charge in [-0.05, 0) is 123 Å². The molecule has 0 saturated heterocycles. The van der Waals surface area contributed by atoms with Crippen LogP contribution in [-0.2, 0) is 10.8 Å². The minimum absolute atomic E-state index is 0.0272. The molecule has 2 aliphatic carbocycles. The van der Waals surface area contributed by atoms with Crippen LogP contribution in [0.5, 0.6) is 0 Å². The van der Waals surface area contributed by atoms with E-state index in [0.29, 0.717) is 0 Å². The van der Waals surface area contributed by atoms with E-state index in [1.54, 1.807) is 0 Å². The molecule has 222 valence electrons. The monoisotopic (exact) mass is 582 g/mol. The Morgan fingerprint density at radius 1 is 0.422 bits per heavy atom. The first kappa shape index (κ1) is 28.1. The number of rotatable bonds is 3. The fraction of sp³-hybridized carbons (Fsp3) is 0.244. The zero-order chi connectivity index (χ0) is 31.4. The molecule has 6 aromatic rings. The molecule has 0 saturated carbocycles. The van der Waals surface area contributed by atoms with Gasteiger partial charge in [-0.15, -0.1) is 0 Å². The third kappa shape index (κ3) is 3.91. The molecule has 0 atom stereocenters. The Balaban J connectivity index is 1.44. The quantitative estimate of drug-likeness (QED) is 0.182. The second-order valence-electron chi connectivity index (χ2n) is 14.8. The van der Waals surface area contributed by atoms with Crippen LogP contribution >= 0.6 is 0 Å². The van der Waals surface area contributed by atoms with Crippen LogP contribution in [-0.4, -0.2) is 0 Å². The molecule has 0 radical (unpaired) electrons. The van der Waals surface area contributed by atoms with Crippen molar-refractivity contribution in [2.45, 2.75) is 72.1 Å². The summed E-state index contributed by atoms with van der Waals surface area (Å²) in [7, 11) is 0. The summed E-state index contributed by atoms with van der Waals surface area (Å²) in [6.45, 7) is 18.6. The second-order valence-corrected chi connectivity index (χ2v) is 14.8. The molecule has 2 aliphatic rings. The van der Waals surface area contributed by atoms with Crippen LogP contribution in [0.2, 0.25) is 0 Å². The van der Waals surface area contributed by atoms with Gasteiger partial charge in [-0.3, -0.25) is 0 Å². The van der Waals surface area contributed by atoms with Crippen LogP contribution in [0.15, 0.2) is 103 Å². The van der Waals surface area contributed by atoms with Gasteiger partial charge >= 0.3 is 0 Å². The van der Waals surface area contributed by atoms with Gasteiger partial charge in [-0.25, -0.2) is 0 Å². The highest BCUT2D eigenvalue weighted by Crippen LogP contribution is 2.58. The van der Waals surface area contributed by atoms with E-state index < -0.39 is 0 Å². The van der Waals surface area contributed by atoms with E-state index in [0.717, 1.165) is 0 Å². The maximum Gasteiger partial charge on any atom is 0.0351 e. The predicted molar refractivity (Wildman–Crippen MR) is 192 cm³/mol. The van der Waals surface area contributed by atoms with E-state index >= 15 is 0 Å². The number of benzene rings is 6. The maximum atomic E-state index is 2.59. The fourth-order valence-corrected chi connectivity index (χ4v) is 8.84. The number of aryl methyl sites for hydroxylation is 4. The van der Waals surface area contributed by atoms with Crippen LogP contribution < -0.4 is 0 Å². The van der Waals surface area contributed by atoms with Gasteiger partial charge in [0.05, 0.1) is 0 Å². The van der Waals surface area contributed by atoms with E-state index in [-0.39, 0.29) is 16.7 Å². The number of fused-ring (bicyclic) bond motifs is 8. The predicted octanol–water partition coefficient (Wildman–Crippen LogP) is 11.9. The van der Waals surface area contributed by atoms with E-state index in [4.69, 9.17) is 0 Å². The molecule has 0 heterocycles. The molecular weight excluding hydrogens is 540 g/mol. The summed E-state index contributed by atoms with van der Waals surface area (Å²) in [5, 5.41) is 2.72. The van der Waals surface area contributed by atoms with Crippen LogP contribution in [0.3, 0.4) is 0 Å². The third-order valence-electron chi connectivity index (χ3n) is 11.2. The van der Waals surface area contributed by atoms with Crippen molar-refractivity contribution >= 4 is 10.8 Å². The molecule has 0 heteroatoms. The molecular formula is C45H42. The van der Waals surface area contributed by atoms with Gasteiger partial charge in [0, 0.05) is 16.7 Å². The van der Waals surface area contributed by atoms with E-state index in [2.05, 4.69) is 159 Å². The minimum Gasteiger partial charge on any atom is -0.0619 e. The largest absolute Gasteiger partial charge is 0.0619 e. The van der Waals surface area contributed by atoms with Crippen LogP contribution in [0.1, 0.15) is 94.8 Å². The Bertz CT molecular complexity index is 2150. The Kier molecular flexibility index (Phi) is 5.95. The van der Waals surface area contributed by atoms with Crippen molar-refractivity contribution in [2.24, 2.45) is 0 Å². The SMILES string of the molecule is Cc1ccc(C(c2ccc(C)cc2C)c2cc3c(c4ccccc24)-c2cc4c(cc2C3(C)C)-c2ccccc2C4(C)C)c(C)c1. The summed E-state index contributed by atoms with van der Waals surface area (Å²) < 4.78 is 0. The average molecular weight is 583 g/mol. The number of hydrogen-bond donors (Lipinski definition) is 0. The summed E-state index contributed by atoms with van der Waals surface area (Å²) in [6, 6.07) is 39.9. The van der Waals surface area contributed by atoms with Crippen LogP contribution in [0.25, 0.3) is 33.0 Å². The summed E-state index contributed by atoms with van der Waals surface area (Å²) >= 11 is 0. The second kappa shape index (κ2) is 9.54. The summed E-state index contributed by atoms with van der Waals surface area (Å²) in [4.78, 5) is 0. The molecule has 0 aromatic heterocycles. The van der Waals surface area contributed by atoms with E-state index in [1.807, 2.05) is 0 Å². The zero-order valence-electron chi connectivity index (χ0n) is 27.9. The lowest BCUT2D eigenvalue weighted by molar-refractivity contribution is 0.651. The highest BCUT2D eigenvalue weighted by molar-refractivity contribution is 6.05. The first-order valence-electron chi connectivity index (χ1n) is 16.5. The standard InChI is InChI=1S/C45H42/c1-26-17-19-30(28(3)21-26)42(31-20-18-27(2)22-29(31)4)36-24-41-43(34-15-10-9-13-32(34)36)37-25-39-35(23-40(37)45(41,7)8)33-14-11-12-16-38(33)44(39,5)6/h9-25,42H,1-8H3. The third-order valence-corrected chi connectivity index (χ3v) is 11.2. The molecule has 0 bridgehead atoms.